The molecule has 0 bridgehead atoms. The van der Waals surface area contributed by atoms with Crippen LogP contribution in [0, 0.1) is 20.8 Å². The molecule has 4 rings (SSSR count). The van der Waals surface area contributed by atoms with Crippen LogP contribution in [0.3, 0.4) is 0 Å². The number of aromatic nitrogens is 2. The van der Waals surface area contributed by atoms with E-state index in [1.54, 1.807) is 11.8 Å². The molecule has 0 aliphatic heterocycles. The van der Waals surface area contributed by atoms with Gasteiger partial charge in [-0.1, -0.05) is 65.1 Å². The first-order valence-electron chi connectivity index (χ1n) is 8.82. The van der Waals surface area contributed by atoms with Crippen LogP contribution in [-0.2, 0) is 5.75 Å². The summed E-state index contributed by atoms with van der Waals surface area (Å²) in [5, 5.41) is 12.5. The monoisotopic (exact) mass is 409 g/mol. The van der Waals surface area contributed by atoms with Crippen LogP contribution in [0.2, 0.25) is 0 Å². The fourth-order valence-corrected chi connectivity index (χ4v) is 4.66. The van der Waals surface area contributed by atoms with Crippen LogP contribution < -0.4 is 5.32 Å². The lowest BCUT2D eigenvalue weighted by atomic mass is 10.1. The van der Waals surface area contributed by atoms with Gasteiger partial charge in [0, 0.05) is 16.7 Å². The van der Waals surface area contributed by atoms with Gasteiger partial charge in [-0.25, -0.2) is 0 Å². The molecular weight excluding hydrogens is 390 g/mol. The molecule has 0 spiro atoms. The van der Waals surface area contributed by atoms with Crippen molar-refractivity contribution in [2.24, 2.45) is 0 Å². The second-order valence-corrected chi connectivity index (χ2v) is 8.86. The Morgan fingerprint density at radius 3 is 2.75 bits per heavy atom. The second kappa shape index (κ2) is 7.77. The summed E-state index contributed by atoms with van der Waals surface area (Å²) in [5.74, 6) is 0.814. The topological polar surface area (TPSA) is 68.0 Å². The van der Waals surface area contributed by atoms with Crippen LogP contribution in [0.15, 0.2) is 51.2 Å². The lowest BCUT2D eigenvalue weighted by molar-refractivity contribution is 0.0998. The van der Waals surface area contributed by atoms with Gasteiger partial charge in [0.1, 0.15) is 5.58 Å². The quantitative estimate of drug-likeness (QED) is 0.335. The molecule has 0 saturated heterocycles. The fraction of sp³-hybridized carbons (Fsp3) is 0.190. The summed E-state index contributed by atoms with van der Waals surface area (Å²) in [6, 6.07) is 14.3. The number of hydrogen-bond donors (Lipinski definition) is 1. The van der Waals surface area contributed by atoms with Gasteiger partial charge in [0.15, 0.2) is 10.1 Å². The molecule has 2 aromatic carbocycles. The average Bonchev–Trinajstić information content (AvgIpc) is 3.24. The highest BCUT2D eigenvalue weighted by molar-refractivity contribution is 8.00. The van der Waals surface area contributed by atoms with E-state index in [-0.39, 0.29) is 5.91 Å². The molecule has 7 heteroatoms. The van der Waals surface area contributed by atoms with Crippen molar-refractivity contribution < 1.29 is 9.21 Å². The number of benzene rings is 2. The lowest BCUT2D eigenvalue weighted by Crippen LogP contribution is -2.11. The van der Waals surface area contributed by atoms with E-state index in [4.69, 9.17) is 4.42 Å². The maximum Gasteiger partial charge on any atom is 0.293 e. The number of aryl methyl sites for hydroxylation is 3. The van der Waals surface area contributed by atoms with E-state index < -0.39 is 0 Å². The summed E-state index contributed by atoms with van der Waals surface area (Å²) in [6.45, 7) is 5.96. The number of hydrogen-bond acceptors (Lipinski definition) is 6. The van der Waals surface area contributed by atoms with Crippen molar-refractivity contribution in [2.45, 2.75) is 30.9 Å². The Balaban J connectivity index is 1.45. The van der Waals surface area contributed by atoms with E-state index in [9.17, 15) is 4.79 Å². The third kappa shape index (κ3) is 3.95. The summed E-state index contributed by atoms with van der Waals surface area (Å²) in [5.41, 5.74) is 5.10. The molecule has 0 aliphatic carbocycles. The molecule has 5 nitrogen and oxygen atoms in total. The first-order chi connectivity index (χ1) is 13.5. The molecule has 2 heterocycles. The van der Waals surface area contributed by atoms with E-state index in [2.05, 4.69) is 40.6 Å². The van der Waals surface area contributed by atoms with Gasteiger partial charge in [-0.3, -0.25) is 10.1 Å². The Morgan fingerprint density at radius 2 is 1.93 bits per heavy atom. The zero-order valence-corrected chi connectivity index (χ0v) is 17.4. The van der Waals surface area contributed by atoms with Crippen LogP contribution in [-0.4, -0.2) is 16.1 Å². The maximum atomic E-state index is 12.6. The molecule has 0 atom stereocenters. The zero-order valence-electron chi connectivity index (χ0n) is 15.8. The second-order valence-electron chi connectivity index (χ2n) is 6.66. The third-order valence-corrected chi connectivity index (χ3v) is 6.41. The molecule has 4 aromatic rings. The van der Waals surface area contributed by atoms with Gasteiger partial charge in [0.05, 0.1) is 0 Å². The van der Waals surface area contributed by atoms with Crippen molar-refractivity contribution in [2.75, 3.05) is 5.32 Å². The molecule has 0 radical (unpaired) electrons. The van der Waals surface area contributed by atoms with Crippen molar-refractivity contribution in [1.29, 1.82) is 0 Å². The van der Waals surface area contributed by atoms with Gasteiger partial charge >= 0.3 is 0 Å². The Labute approximate surface area is 171 Å². The van der Waals surface area contributed by atoms with Crippen LogP contribution in [0.5, 0.6) is 0 Å². The summed E-state index contributed by atoms with van der Waals surface area (Å²) in [6.07, 6.45) is 0. The van der Waals surface area contributed by atoms with Crippen LogP contribution in [0.25, 0.3) is 11.0 Å². The van der Waals surface area contributed by atoms with Gasteiger partial charge < -0.3 is 4.42 Å². The Morgan fingerprint density at radius 1 is 1.11 bits per heavy atom. The first kappa shape index (κ1) is 18.7. The molecule has 1 N–H and O–H groups in total. The number of fused-ring (bicyclic) bond motifs is 1. The predicted molar refractivity (Wildman–Crippen MR) is 114 cm³/mol. The Kier molecular flexibility index (Phi) is 5.19. The van der Waals surface area contributed by atoms with Crippen molar-refractivity contribution in [3.8, 4) is 0 Å². The number of thioether (sulfide) groups is 1. The minimum atomic E-state index is -0.308. The predicted octanol–water partition coefficient (Wildman–Crippen LogP) is 5.75. The number of rotatable bonds is 5. The van der Waals surface area contributed by atoms with Gasteiger partial charge in [0.2, 0.25) is 5.13 Å². The maximum absolute atomic E-state index is 12.6. The molecule has 2 aromatic heterocycles. The Bertz CT molecular complexity index is 1160. The van der Waals surface area contributed by atoms with E-state index in [1.807, 2.05) is 38.1 Å². The minimum absolute atomic E-state index is 0.308. The number of amides is 1. The molecule has 142 valence electrons. The number of carbonyl (C=O) groups excluding carboxylic acids is 1. The van der Waals surface area contributed by atoms with Crippen LogP contribution >= 0.6 is 23.1 Å². The first-order valence-corrected chi connectivity index (χ1v) is 10.6. The summed E-state index contributed by atoms with van der Waals surface area (Å²) < 4.78 is 6.59. The SMILES string of the molecule is Cc1cccc(CSc2nnc(NC(=O)c3oc4cc(C)ccc4c3C)s2)c1. The molecule has 1 amide bonds. The fourth-order valence-electron chi connectivity index (χ4n) is 2.97. The number of anilines is 1. The number of carbonyl (C=O) groups is 1. The van der Waals surface area contributed by atoms with Gasteiger partial charge in [-0.15, -0.1) is 10.2 Å². The van der Waals surface area contributed by atoms with Crippen molar-refractivity contribution in [3.63, 3.8) is 0 Å². The van der Waals surface area contributed by atoms with Crippen LogP contribution in [0.4, 0.5) is 5.13 Å². The van der Waals surface area contributed by atoms with Gasteiger partial charge in [-0.2, -0.15) is 0 Å². The molecule has 28 heavy (non-hydrogen) atoms. The zero-order chi connectivity index (χ0) is 19.7. The summed E-state index contributed by atoms with van der Waals surface area (Å²) in [4.78, 5) is 12.6. The van der Waals surface area contributed by atoms with E-state index in [0.717, 1.165) is 26.6 Å². The number of nitrogens with one attached hydrogen (secondary N) is 1. The standard InChI is InChI=1S/C21H19N3O2S2/c1-12-5-4-6-15(9-12)11-27-21-24-23-20(28-21)22-19(25)18-14(3)16-8-7-13(2)10-17(16)26-18/h4-10H,11H2,1-3H3,(H,22,23,25). The van der Waals surface area contributed by atoms with E-state index in [0.29, 0.717) is 16.5 Å². The van der Waals surface area contributed by atoms with Crippen molar-refractivity contribution >= 4 is 45.1 Å². The molecule has 0 unspecified atom stereocenters. The van der Waals surface area contributed by atoms with Crippen molar-refractivity contribution in [1.82, 2.24) is 10.2 Å². The van der Waals surface area contributed by atoms with Crippen molar-refractivity contribution in [3.05, 3.63) is 70.5 Å². The molecular formula is C21H19N3O2S2. The molecule has 0 aliphatic rings. The normalized spacial score (nSPS) is 11.1. The third-order valence-electron chi connectivity index (χ3n) is 4.37. The summed E-state index contributed by atoms with van der Waals surface area (Å²) >= 11 is 2.97. The average molecular weight is 410 g/mol. The summed E-state index contributed by atoms with van der Waals surface area (Å²) in [7, 11) is 0. The molecule has 0 fully saturated rings. The Hall–Kier alpha value is -2.64. The van der Waals surface area contributed by atoms with Gasteiger partial charge in [-0.05, 0) is 38.0 Å². The minimum Gasteiger partial charge on any atom is -0.451 e. The van der Waals surface area contributed by atoms with E-state index in [1.165, 1.54) is 22.5 Å². The van der Waals surface area contributed by atoms with Gasteiger partial charge in [0.25, 0.3) is 5.91 Å². The van der Waals surface area contributed by atoms with Crippen LogP contribution in [0.1, 0.15) is 32.8 Å². The number of nitrogens with zero attached hydrogens (tertiary/aromatic N) is 2. The lowest BCUT2D eigenvalue weighted by Gasteiger charge is -2.00. The largest absolute Gasteiger partial charge is 0.451 e. The highest BCUT2D eigenvalue weighted by atomic mass is 32.2. The van der Waals surface area contributed by atoms with E-state index >= 15 is 0 Å². The highest BCUT2D eigenvalue weighted by Crippen LogP contribution is 2.30. The smallest absolute Gasteiger partial charge is 0.293 e. The molecule has 0 saturated carbocycles. The highest BCUT2D eigenvalue weighted by Gasteiger charge is 2.19. The number of furan rings is 1.